The molecule has 0 fully saturated rings. The van der Waals surface area contributed by atoms with Crippen molar-refractivity contribution in [2.45, 2.75) is 110 Å². The maximum atomic E-state index is 12.0. The summed E-state index contributed by atoms with van der Waals surface area (Å²) in [7, 11) is 3.76. The van der Waals surface area contributed by atoms with Crippen LogP contribution in [-0.4, -0.2) is 34.9 Å². The molecule has 0 aliphatic heterocycles. The van der Waals surface area contributed by atoms with Crippen LogP contribution in [0.4, 0.5) is 0 Å². The third-order valence-corrected chi connectivity index (χ3v) is 7.43. The Bertz CT molecular complexity index is 735. The molecule has 0 aliphatic carbocycles. The third-order valence-electron chi connectivity index (χ3n) is 5.49. The van der Waals surface area contributed by atoms with Crippen molar-refractivity contribution in [3.8, 4) is 17.2 Å². The van der Waals surface area contributed by atoms with E-state index in [1.807, 2.05) is 6.07 Å². The van der Waals surface area contributed by atoms with Gasteiger partial charge in [-0.1, -0.05) is 85.9 Å². The Labute approximate surface area is 209 Å². The van der Waals surface area contributed by atoms with Crippen LogP contribution in [0, 0.1) is 0 Å². The highest BCUT2D eigenvalue weighted by atomic mass is 32.2. The molecule has 1 aromatic rings. The maximum Gasteiger partial charge on any atom is 0.310 e. The first kappa shape index (κ1) is 29.9. The predicted molar refractivity (Wildman–Crippen MR) is 144 cm³/mol. The largest absolute Gasteiger partial charge is 0.540 e. The Morgan fingerprint density at radius 2 is 1.48 bits per heavy atom. The van der Waals surface area contributed by atoms with E-state index in [0.29, 0.717) is 21.3 Å². The van der Waals surface area contributed by atoms with Gasteiger partial charge in [-0.3, -0.25) is 4.79 Å². The van der Waals surface area contributed by atoms with E-state index >= 15 is 0 Å². The summed E-state index contributed by atoms with van der Waals surface area (Å²) in [4.78, 5) is 12.0. The fourth-order valence-electron chi connectivity index (χ4n) is 3.88. The highest BCUT2D eigenvalue weighted by molar-refractivity contribution is 8.13. The van der Waals surface area contributed by atoms with E-state index in [-0.39, 0.29) is 10.8 Å². The SMILES string of the molecule is CCCCCCCC(=O)SCCC[Si]Oc1cc(OC)c(C(C)(C)C)c(OC)c1C(C)(C)C. The van der Waals surface area contributed by atoms with Crippen LogP contribution >= 0.6 is 11.8 Å². The topological polar surface area (TPSA) is 44.8 Å². The highest BCUT2D eigenvalue weighted by Gasteiger charge is 2.33. The molecule has 0 atom stereocenters. The number of methoxy groups -OCH3 is 2. The second kappa shape index (κ2) is 14.3. The summed E-state index contributed by atoms with van der Waals surface area (Å²) in [6.07, 6.45) is 7.65. The van der Waals surface area contributed by atoms with Gasteiger partial charge < -0.3 is 13.9 Å². The van der Waals surface area contributed by atoms with Gasteiger partial charge in [0.15, 0.2) is 5.12 Å². The molecule has 6 heteroatoms. The molecule has 0 saturated heterocycles. The summed E-state index contributed by atoms with van der Waals surface area (Å²) in [6.45, 7) is 15.3. The standard InChI is InChI=1S/C27H46O4SSi/c1-10-11-12-13-14-16-22(28)32-17-15-18-33-31-21-19-20(29-8)23(26(2,3)4)25(30-9)24(21)27(5,6)7/h19H,10-18H2,1-9H3. The van der Waals surface area contributed by atoms with Crippen LogP contribution in [0.15, 0.2) is 6.07 Å². The maximum absolute atomic E-state index is 12.0. The molecule has 0 N–H and O–H groups in total. The number of unbranched alkanes of at least 4 members (excludes halogenated alkanes) is 4. The quantitative estimate of drug-likeness (QED) is 0.196. The summed E-state index contributed by atoms with van der Waals surface area (Å²) in [5.74, 6) is 3.35. The van der Waals surface area contributed by atoms with Gasteiger partial charge in [-0.15, -0.1) is 0 Å². The summed E-state index contributed by atoms with van der Waals surface area (Å²) in [5, 5.41) is 0.331. The van der Waals surface area contributed by atoms with Crippen LogP contribution in [0.2, 0.25) is 6.04 Å². The molecule has 0 saturated carbocycles. The Morgan fingerprint density at radius 1 is 0.879 bits per heavy atom. The Kier molecular flexibility index (Phi) is 13.0. The molecule has 33 heavy (non-hydrogen) atoms. The summed E-state index contributed by atoms with van der Waals surface area (Å²) < 4.78 is 18.0. The van der Waals surface area contributed by atoms with Crippen molar-refractivity contribution in [3.63, 3.8) is 0 Å². The zero-order chi connectivity index (χ0) is 25.1. The zero-order valence-electron chi connectivity index (χ0n) is 22.5. The second-order valence-electron chi connectivity index (χ2n) is 10.6. The van der Waals surface area contributed by atoms with E-state index in [2.05, 4.69) is 48.5 Å². The zero-order valence-corrected chi connectivity index (χ0v) is 24.3. The first-order valence-electron chi connectivity index (χ1n) is 12.3. The minimum Gasteiger partial charge on any atom is -0.540 e. The number of carbonyl (C=O) groups is 1. The third kappa shape index (κ3) is 9.93. The molecule has 0 aliphatic rings. The molecule has 4 nitrogen and oxygen atoms in total. The van der Waals surface area contributed by atoms with Crippen molar-refractivity contribution in [1.29, 1.82) is 0 Å². The lowest BCUT2D eigenvalue weighted by atomic mass is 9.78. The van der Waals surface area contributed by atoms with Gasteiger partial charge in [0.1, 0.15) is 17.2 Å². The number of rotatable bonds is 14. The molecule has 1 rings (SSSR count). The summed E-state index contributed by atoms with van der Waals surface area (Å²) in [6, 6.07) is 2.96. The number of carbonyl (C=O) groups excluding carboxylic acids is 1. The van der Waals surface area contributed by atoms with Crippen LogP contribution < -0.4 is 13.9 Å². The van der Waals surface area contributed by atoms with Gasteiger partial charge in [0, 0.05) is 29.4 Å². The molecule has 188 valence electrons. The van der Waals surface area contributed by atoms with Gasteiger partial charge in [-0.05, 0) is 29.7 Å². The lowest BCUT2D eigenvalue weighted by molar-refractivity contribution is -0.111. The number of thioether (sulfide) groups is 1. The number of hydrogen-bond acceptors (Lipinski definition) is 5. The van der Waals surface area contributed by atoms with E-state index in [1.165, 1.54) is 37.4 Å². The minimum atomic E-state index is -0.142. The lowest BCUT2D eigenvalue weighted by Crippen LogP contribution is -2.21. The lowest BCUT2D eigenvalue weighted by Gasteiger charge is -2.32. The smallest absolute Gasteiger partial charge is 0.310 e. The molecule has 0 spiro atoms. The first-order valence-corrected chi connectivity index (χ1v) is 14.4. The Hall–Kier alpha value is -1.14. The molecular weight excluding hydrogens is 448 g/mol. The van der Waals surface area contributed by atoms with Crippen LogP contribution in [0.5, 0.6) is 17.2 Å². The van der Waals surface area contributed by atoms with E-state index < -0.39 is 0 Å². The monoisotopic (exact) mass is 494 g/mol. The molecule has 0 unspecified atom stereocenters. The molecule has 0 amide bonds. The fraction of sp³-hybridized carbons (Fsp3) is 0.741. The predicted octanol–water partition coefficient (Wildman–Crippen LogP) is 7.73. The van der Waals surface area contributed by atoms with Gasteiger partial charge in [-0.25, -0.2) is 0 Å². The van der Waals surface area contributed by atoms with E-state index in [1.54, 1.807) is 14.2 Å². The van der Waals surface area contributed by atoms with Gasteiger partial charge in [0.2, 0.25) is 0 Å². The van der Waals surface area contributed by atoms with Gasteiger partial charge in [-0.2, -0.15) is 0 Å². The van der Waals surface area contributed by atoms with Crippen LogP contribution in [-0.2, 0) is 15.6 Å². The van der Waals surface area contributed by atoms with Gasteiger partial charge in [0.25, 0.3) is 0 Å². The number of benzene rings is 1. The van der Waals surface area contributed by atoms with Crippen molar-refractivity contribution < 1.29 is 18.7 Å². The first-order chi connectivity index (χ1) is 15.5. The number of ether oxygens (including phenoxy) is 2. The highest BCUT2D eigenvalue weighted by Crippen LogP contribution is 2.49. The molecule has 0 bridgehead atoms. The Balaban J connectivity index is 2.73. The van der Waals surface area contributed by atoms with E-state index in [4.69, 9.17) is 13.9 Å². The van der Waals surface area contributed by atoms with Crippen molar-refractivity contribution in [1.82, 2.24) is 0 Å². The van der Waals surface area contributed by atoms with E-state index in [0.717, 1.165) is 53.0 Å². The molecule has 0 aromatic heterocycles. The normalized spacial score (nSPS) is 12.0. The average Bonchev–Trinajstić information content (AvgIpc) is 2.73. The van der Waals surface area contributed by atoms with Crippen LogP contribution in [0.1, 0.15) is 105 Å². The van der Waals surface area contributed by atoms with Crippen molar-refractivity contribution in [2.24, 2.45) is 0 Å². The number of hydrogen-bond donors (Lipinski definition) is 0. The van der Waals surface area contributed by atoms with Crippen molar-refractivity contribution in [3.05, 3.63) is 17.2 Å². The minimum absolute atomic E-state index is 0.128. The molecule has 1 aromatic carbocycles. The Morgan fingerprint density at radius 3 is 2.03 bits per heavy atom. The van der Waals surface area contributed by atoms with Crippen molar-refractivity contribution in [2.75, 3.05) is 20.0 Å². The molecular formula is C27H46O4SSi. The van der Waals surface area contributed by atoms with Crippen LogP contribution in [0.3, 0.4) is 0 Å². The molecule has 2 radical (unpaired) electrons. The van der Waals surface area contributed by atoms with E-state index in [9.17, 15) is 4.79 Å². The summed E-state index contributed by atoms with van der Waals surface area (Å²) >= 11 is 1.48. The fourth-order valence-corrected chi connectivity index (χ4v) is 5.68. The van der Waals surface area contributed by atoms with Gasteiger partial charge in [0.05, 0.1) is 14.2 Å². The average molecular weight is 495 g/mol. The van der Waals surface area contributed by atoms with Crippen LogP contribution in [0.25, 0.3) is 0 Å². The summed E-state index contributed by atoms with van der Waals surface area (Å²) in [5.41, 5.74) is 1.88. The van der Waals surface area contributed by atoms with Crippen molar-refractivity contribution >= 4 is 26.6 Å². The second-order valence-corrected chi connectivity index (χ2v) is 12.7. The molecule has 0 heterocycles. The van der Waals surface area contributed by atoms with Gasteiger partial charge >= 0.3 is 9.76 Å².